The predicted octanol–water partition coefficient (Wildman–Crippen LogP) is 3.63. The van der Waals surface area contributed by atoms with E-state index in [1.807, 2.05) is 0 Å². The van der Waals surface area contributed by atoms with Crippen molar-refractivity contribution in [2.45, 2.75) is 17.9 Å². The van der Waals surface area contributed by atoms with E-state index in [-0.39, 0.29) is 34.5 Å². The molecule has 0 fully saturated rings. The van der Waals surface area contributed by atoms with Crippen LogP contribution in [0.1, 0.15) is 11.4 Å². The molecule has 0 unspecified atom stereocenters. The fourth-order valence-corrected chi connectivity index (χ4v) is 2.93. The molecule has 7 nitrogen and oxygen atoms in total. The van der Waals surface area contributed by atoms with Crippen LogP contribution >= 0.6 is 11.8 Å². The number of nitrogens with zero attached hydrogens (tertiary/aromatic N) is 5. The molecule has 0 atom stereocenters. The second-order valence-corrected chi connectivity index (χ2v) is 6.39. The minimum atomic E-state index is -4.62. The molecule has 4 rings (SSSR count). The molecule has 146 valence electrons. The van der Waals surface area contributed by atoms with E-state index in [1.54, 1.807) is 6.26 Å². The van der Waals surface area contributed by atoms with Gasteiger partial charge in [0.25, 0.3) is 0 Å². The number of hydrogen-bond acceptors (Lipinski definition) is 6. The molecule has 0 saturated heterocycles. The number of alkyl halides is 3. The van der Waals surface area contributed by atoms with E-state index in [0.29, 0.717) is 6.20 Å². The molecule has 1 aromatic carbocycles. The Balaban J connectivity index is 1.70. The summed E-state index contributed by atoms with van der Waals surface area (Å²) in [6.45, 7) is -0.0448. The number of aromatic nitrogens is 6. The lowest BCUT2D eigenvalue weighted by Gasteiger charge is -2.08. The minimum absolute atomic E-state index is 0.00282. The Bertz CT molecular complexity index is 1180. The summed E-state index contributed by atoms with van der Waals surface area (Å²) in [7, 11) is 0. The van der Waals surface area contributed by atoms with Gasteiger partial charge in [-0.1, -0.05) is 11.8 Å². The molecule has 0 spiro atoms. The normalized spacial score (nSPS) is 12.2. The molecule has 2 N–H and O–H groups in total. The van der Waals surface area contributed by atoms with E-state index >= 15 is 0 Å². The summed E-state index contributed by atoms with van der Waals surface area (Å²) in [5, 5.41) is 6.61. The maximum atomic E-state index is 13.8. The van der Waals surface area contributed by atoms with Crippen molar-refractivity contribution in [3.05, 3.63) is 41.4 Å². The molecular weight excluding hydrogens is 405 g/mol. The molecule has 0 saturated carbocycles. The van der Waals surface area contributed by atoms with Gasteiger partial charge < -0.3 is 10.3 Å². The molecule has 3 heterocycles. The summed E-state index contributed by atoms with van der Waals surface area (Å²) in [6.07, 6.45) is -2.34. The number of hydrogen-bond donors (Lipinski definition) is 2. The molecular formula is C15H10F5N7S. The third kappa shape index (κ3) is 3.10. The van der Waals surface area contributed by atoms with Crippen LogP contribution in [0.5, 0.6) is 0 Å². The Morgan fingerprint density at radius 3 is 2.68 bits per heavy atom. The maximum absolute atomic E-state index is 13.8. The van der Waals surface area contributed by atoms with Crippen molar-refractivity contribution in [2.75, 3.05) is 11.6 Å². The first-order valence-corrected chi connectivity index (χ1v) is 8.94. The number of rotatable bonds is 4. The van der Waals surface area contributed by atoms with Gasteiger partial charge in [0.1, 0.15) is 16.9 Å². The zero-order valence-electron chi connectivity index (χ0n) is 14.0. The largest absolute Gasteiger partial charge is 0.421 e. The van der Waals surface area contributed by atoms with Gasteiger partial charge in [-0.3, -0.25) is 0 Å². The number of imidazole rings is 1. The fourth-order valence-electron chi connectivity index (χ4n) is 2.58. The summed E-state index contributed by atoms with van der Waals surface area (Å²) in [5.74, 6) is -1.88. The van der Waals surface area contributed by atoms with Gasteiger partial charge in [0.05, 0.1) is 18.3 Å². The second kappa shape index (κ2) is 6.58. The number of benzene rings is 1. The highest BCUT2D eigenvalue weighted by Gasteiger charge is 2.36. The highest BCUT2D eigenvalue weighted by Crippen LogP contribution is 2.32. The molecule has 0 amide bonds. The standard InChI is InChI=1S/C15H10F5N7S/c1-28-14-25-12-6(15(18,19)20)4-22-27(12)13(26-14)21-5-9-23-8-3-2-7(16)10(17)11(8)24-9/h2-4H,5H2,1H3,(H,23,24)(H,21,25,26). The number of fused-ring (bicyclic) bond motifs is 2. The predicted molar refractivity (Wildman–Crippen MR) is 90.9 cm³/mol. The molecule has 0 aliphatic carbocycles. The van der Waals surface area contributed by atoms with Gasteiger partial charge in [-0.2, -0.15) is 27.8 Å². The SMILES string of the molecule is CSc1nc(NCc2nc3c(F)c(F)ccc3[nH]2)n2ncc(C(F)(F)F)c2n1. The van der Waals surface area contributed by atoms with E-state index < -0.39 is 29.0 Å². The topological polar surface area (TPSA) is 83.8 Å². The molecule has 0 aliphatic heterocycles. The summed E-state index contributed by atoms with van der Waals surface area (Å²) in [4.78, 5) is 14.7. The Hall–Kier alpha value is -2.96. The van der Waals surface area contributed by atoms with Crippen molar-refractivity contribution < 1.29 is 22.0 Å². The first-order valence-electron chi connectivity index (χ1n) is 7.71. The zero-order valence-corrected chi connectivity index (χ0v) is 14.8. The smallest absolute Gasteiger partial charge is 0.347 e. The maximum Gasteiger partial charge on any atom is 0.421 e. The van der Waals surface area contributed by atoms with Gasteiger partial charge in [0.2, 0.25) is 5.95 Å². The molecule has 0 aliphatic rings. The average Bonchev–Trinajstić information content (AvgIpc) is 3.26. The van der Waals surface area contributed by atoms with Crippen LogP contribution in [0.25, 0.3) is 16.7 Å². The zero-order chi connectivity index (χ0) is 20.1. The van der Waals surface area contributed by atoms with Gasteiger partial charge in [-0.15, -0.1) is 0 Å². The van der Waals surface area contributed by atoms with Crippen molar-refractivity contribution in [3.63, 3.8) is 0 Å². The number of aromatic amines is 1. The number of anilines is 1. The van der Waals surface area contributed by atoms with Crippen molar-refractivity contribution in [1.82, 2.24) is 29.5 Å². The first kappa shape index (κ1) is 18.4. The Morgan fingerprint density at radius 2 is 1.96 bits per heavy atom. The van der Waals surface area contributed by atoms with Crippen molar-refractivity contribution in [3.8, 4) is 0 Å². The van der Waals surface area contributed by atoms with Gasteiger partial charge in [0.15, 0.2) is 22.4 Å². The highest BCUT2D eigenvalue weighted by atomic mass is 32.2. The third-order valence-electron chi connectivity index (χ3n) is 3.84. The molecule has 4 aromatic rings. The Kier molecular flexibility index (Phi) is 4.33. The van der Waals surface area contributed by atoms with Crippen LogP contribution in [-0.2, 0) is 12.7 Å². The van der Waals surface area contributed by atoms with Crippen LogP contribution in [0.4, 0.5) is 27.9 Å². The van der Waals surface area contributed by atoms with Crippen LogP contribution in [0.15, 0.2) is 23.5 Å². The molecule has 28 heavy (non-hydrogen) atoms. The van der Waals surface area contributed by atoms with Crippen molar-refractivity contribution in [1.29, 1.82) is 0 Å². The minimum Gasteiger partial charge on any atom is -0.347 e. The van der Waals surface area contributed by atoms with Crippen LogP contribution in [0, 0.1) is 11.6 Å². The molecule has 13 heteroatoms. The van der Waals surface area contributed by atoms with Crippen LogP contribution in [-0.4, -0.2) is 35.8 Å². The van der Waals surface area contributed by atoms with E-state index in [4.69, 9.17) is 0 Å². The van der Waals surface area contributed by atoms with E-state index in [1.165, 1.54) is 6.07 Å². The molecule has 0 radical (unpaired) electrons. The summed E-state index contributed by atoms with van der Waals surface area (Å²) in [5.41, 5.74) is -1.28. The lowest BCUT2D eigenvalue weighted by Crippen LogP contribution is -2.11. The lowest BCUT2D eigenvalue weighted by atomic mass is 10.3. The lowest BCUT2D eigenvalue weighted by molar-refractivity contribution is -0.136. The van der Waals surface area contributed by atoms with E-state index in [9.17, 15) is 22.0 Å². The average molecular weight is 415 g/mol. The highest BCUT2D eigenvalue weighted by molar-refractivity contribution is 7.98. The molecule has 0 bridgehead atoms. The Morgan fingerprint density at radius 1 is 1.18 bits per heavy atom. The van der Waals surface area contributed by atoms with Crippen molar-refractivity contribution >= 4 is 34.4 Å². The number of halogens is 5. The number of nitrogens with one attached hydrogen (secondary N) is 2. The quantitative estimate of drug-likeness (QED) is 0.391. The number of H-pyrrole nitrogens is 1. The van der Waals surface area contributed by atoms with Crippen LogP contribution in [0.3, 0.4) is 0 Å². The van der Waals surface area contributed by atoms with Crippen LogP contribution < -0.4 is 5.32 Å². The third-order valence-corrected chi connectivity index (χ3v) is 4.39. The van der Waals surface area contributed by atoms with Crippen molar-refractivity contribution in [2.24, 2.45) is 0 Å². The first-order chi connectivity index (χ1) is 13.3. The van der Waals surface area contributed by atoms with E-state index in [0.717, 1.165) is 22.3 Å². The monoisotopic (exact) mass is 415 g/mol. The summed E-state index contributed by atoms with van der Waals surface area (Å²) in [6, 6.07) is 2.30. The summed E-state index contributed by atoms with van der Waals surface area (Å²) >= 11 is 1.06. The van der Waals surface area contributed by atoms with E-state index in [2.05, 4.69) is 30.4 Å². The van der Waals surface area contributed by atoms with Gasteiger partial charge in [-0.25, -0.2) is 18.7 Å². The Labute approximate surface area is 157 Å². The second-order valence-electron chi connectivity index (χ2n) is 5.62. The van der Waals surface area contributed by atoms with Gasteiger partial charge in [0, 0.05) is 0 Å². The van der Waals surface area contributed by atoms with Gasteiger partial charge in [-0.05, 0) is 18.4 Å². The number of thioether (sulfide) groups is 1. The summed E-state index contributed by atoms with van der Waals surface area (Å²) < 4.78 is 67.4. The van der Waals surface area contributed by atoms with Gasteiger partial charge >= 0.3 is 6.18 Å². The fraction of sp³-hybridized carbons (Fsp3) is 0.200. The van der Waals surface area contributed by atoms with Crippen LogP contribution in [0.2, 0.25) is 0 Å². The molecule has 3 aromatic heterocycles.